The quantitative estimate of drug-likeness (QED) is 0.658. The van der Waals surface area contributed by atoms with Gasteiger partial charge in [0.15, 0.2) is 0 Å². The predicted molar refractivity (Wildman–Crippen MR) is 91.9 cm³/mol. The van der Waals surface area contributed by atoms with Crippen molar-refractivity contribution in [3.63, 3.8) is 0 Å². The summed E-state index contributed by atoms with van der Waals surface area (Å²) < 4.78 is 1.79. The Hall–Kier alpha value is -2.45. The van der Waals surface area contributed by atoms with Gasteiger partial charge in [-0.1, -0.05) is 0 Å². The molecule has 1 atom stereocenters. The van der Waals surface area contributed by atoms with E-state index in [-0.39, 0.29) is 12.5 Å². The van der Waals surface area contributed by atoms with E-state index in [1.165, 1.54) is 11.3 Å². The molecule has 0 aliphatic rings. The molecule has 0 saturated heterocycles. The third kappa shape index (κ3) is 3.10. The number of carbonyl (C=O) groups is 1. The Bertz CT molecular complexity index is 850. The average molecular weight is 345 g/mol. The highest BCUT2D eigenvalue weighted by Crippen LogP contribution is 2.25. The molecule has 0 spiro atoms. The van der Waals surface area contributed by atoms with Crippen LogP contribution in [0.2, 0.25) is 0 Å². The number of carbonyl (C=O) groups excluding carboxylic acids is 1. The van der Waals surface area contributed by atoms with Gasteiger partial charge in [-0.25, -0.2) is 0 Å². The van der Waals surface area contributed by atoms with Crippen molar-refractivity contribution in [2.24, 2.45) is 7.05 Å². The minimum absolute atomic E-state index is 0.148. The molecule has 24 heavy (non-hydrogen) atoms. The van der Waals surface area contributed by atoms with Crippen molar-refractivity contribution in [2.45, 2.75) is 20.0 Å². The van der Waals surface area contributed by atoms with E-state index < -0.39 is 6.10 Å². The van der Waals surface area contributed by atoms with Gasteiger partial charge in [0, 0.05) is 24.8 Å². The summed E-state index contributed by atoms with van der Waals surface area (Å²) in [6.45, 7) is 4.02. The van der Waals surface area contributed by atoms with Gasteiger partial charge in [0.25, 0.3) is 5.91 Å². The lowest BCUT2D eigenvalue weighted by Crippen LogP contribution is -2.28. The molecule has 7 nitrogen and oxygen atoms in total. The highest BCUT2D eigenvalue weighted by atomic mass is 32.1. The molecule has 0 unspecified atom stereocenters. The zero-order chi connectivity index (χ0) is 17.3. The molecule has 1 amide bonds. The van der Waals surface area contributed by atoms with Crippen LogP contribution in [-0.4, -0.2) is 37.5 Å². The van der Waals surface area contributed by atoms with E-state index in [9.17, 15) is 9.90 Å². The van der Waals surface area contributed by atoms with E-state index in [1.807, 2.05) is 37.7 Å². The van der Waals surface area contributed by atoms with Gasteiger partial charge in [-0.2, -0.15) is 21.5 Å². The zero-order valence-electron chi connectivity index (χ0n) is 13.7. The third-order valence-electron chi connectivity index (χ3n) is 3.97. The number of aryl methyl sites for hydroxylation is 2. The van der Waals surface area contributed by atoms with Crippen LogP contribution in [0.5, 0.6) is 0 Å². The summed E-state index contributed by atoms with van der Waals surface area (Å²) in [5.74, 6) is -0.303. The molecular weight excluding hydrogens is 326 g/mol. The molecule has 3 heterocycles. The summed E-state index contributed by atoms with van der Waals surface area (Å²) >= 11 is 1.51. The first-order valence-electron chi connectivity index (χ1n) is 7.51. The normalized spacial score (nSPS) is 12.3. The Morgan fingerprint density at radius 2 is 2.29 bits per heavy atom. The fourth-order valence-corrected chi connectivity index (χ4v) is 3.28. The van der Waals surface area contributed by atoms with Crippen LogP contribution in [0.1, 0.15) is 33.5 Å². The molecule has 0 saturated carbocycles. The van der Waals surface area contributed by atoms with Crippen LogP contribution in [0.3, 0.4) is 0 Å². The van der Waals surface area contributed by atoms with E-state index >= 15 is 0 Å². The van der Waals surface area contributed by atoms with E-state index in [0.717, 1.165) is 22.5 Å². The summed E-state index contributed by atoms with van der Waals surface area (Å²) in [6.07, 6.45) is -0.717. The first-order chi connectivity index (χ1) is 11.5. The number of rotatable bonds is 5. The number of aromatic nitrogens is 4. The van der Waals surface area contributed by atoms with Crippen LogP contribution in [0, 0.1) is 13.8 Å². The number of nitrogens with zero attached hydrogens (tertiary/aromatic N) is 3. The van der Waals surface area contributed by atoms with Crippen LogP contribution in [-0.2, 0) is 7.05 Å². The lowest BCUT2D eigenvalue weighted by atomic mass is 10.1. The van der Waals surface area contributed by atoms with Gasteiger partial charge in [-0.15, -0.1) is 0 Å². The average Bonchev–Trinajstić information content (AvgIpc) is 3.27. The minimum atomic E-state index is -0.717. The lowest BCUT2D eigenvalue weighted by molar-refractivity contribution is 0.0911. The summed E-state index contributed by atoms with van der Waals surface area (Å²) in [6, 6.07) is 3.53. The number of thiophene rings is 1. The van der Waals surface area contributed by atoms with E-state index in [1.54, 1.807) is 10.7 Å². The van der Waals surface area contributed by atoms with Gasteiger partial charge in [0.2, 0.25) is 0 Å². The van der Waals surface area contributed by atoms with Crippen molar-refractivity contribution >= 4 is 17.2 Å². The molecule has 0 fully saturated rings. The summed E-state index contributed by atoms with van der Waals surface area (Å²) in [7, 11) is 1.87. The number of aliphatic hydroxyl groups is 1. The predicted octanol–water partition coefficient (Wildman–Crippen LogP) is 1.95. The van der Waals surface area contributed by atoms with Gasteiger partial charge in [-0.3, -0.25) is 14.6 Å². The smallest absolute Gasteiger partial charge is 0.269 e. The molecule has 3 N–H and O–H groups in total. The van der Waals surface area contributed by atoms with Gasteiger partial charge in [-0.05, 0) is 42.3 Å². The topological polar surface area (TPSA) is 95.8 Å². The molecule has 0 radical (unpaired) electrons. The molecule has 3 aromatic heterocycles. The van der Waals surface area contributed by atoms with Crippen molar-refractivity contribution in [3.8, 4) is 11.3 Å². The number of aromatic amines is 1. The summed E-state index contributed by atoms with van der Waals surface area (Å²) in [4.78, 5) is 12.2. The molecule has 0 aliphatic heterocycles. The van der Waals surface area contributed by atoms with E-state index in [4.69, 9.17) is 0 Å². The van der Waals surface area contributed by atoms with Crippen molar-refractivity contribution in [1.29, 1.82) is 0 Å². The minimum Gasteiger partial charge on any atom is -0.387 e. The fourth-order valence-electron chi connectivity index (χ4n) is 2.58. The fraction of sp³-hybridized carbons (Fsp3) is 0.312. The standard InChI is InChI=1S/C16H19N5O2S/c1-9-15(10(2)21(3)20-9)12-6-13(19-18-12)16(23)17-7-14(22)11-4-5-24-8-11/h4-6,8,14,22H,7H2,1-3H3,(H,17,23)(H,18,19)/t14-/m1/s1. The number of aliphatic hydroxyl groups excluding tert-OH is 1. The molecule has 3 rings (SSSR count). The van der Waals surface area contributed by atoms with Gasteiger partial charge in [0.1, 0.15) is 5.69 Å². The summed E-state index contributed by atoms with van der Waals surface area (Å²) in [5, 5.41) is 27.8. The summed E-state index contributed by atoms with van der Waals surface area (Å²) in [5.41, 5.74) is 4.60. The highest BCUT2D eigenvalue weighted by molar-refractivity contribution is 7.07. The van der Waals surface area contributed by atoms with Gasteiger partial charge >= 0.3 is 0 Å². The molecule has 0 bridgehead atoms. The van der Waals surface area contributed by atoms with Crippen molar-refractivity contribution in [2.75, 3.05) is 6.54 Å². The SMILES string of the molecule is Cc1nn(C)c(C)c1-c1cc(C(=O)NC[C@@H](O)c2ccsc2)[nH]n1. The third-order valence-corrected chi connectivity index (χ3v) is 4.67. The largest absolute Gasteiger partial charge is 0.387 e. The van der Waals surface area contributed by atoms with Crippen LogP contribution in [0.4, 0.5) is 0 Å². The molecule has 8 heteroatoms. The Morgan fingerprint density at radius 1 is 1.50 bits per heavy atom. The maximum Gasteiger partial charge on any atom is 0.269 e. The number of nitrogens with one attached hydrogen (secondary N) is 2. The second-order valence-electron chi connectivity index (χ2n) is 5.62. The Balaban J connectivity index is 1.70. The van der Waals surface area contributed by atoms with E-state index in [2.05, 4.69) is 20.6 Å². The molecule has 0 aromatic carbocycles. The monoisotopic (exact) mass is 345 g/mol. The molecular formula is C16H19N5O2S. The van der Waals surface area contributed by atoms with Crippen LogP contribution < -0.4 is 5.32 Å². The highest BCUT2D eigenvalue weighted by Gasteiger charge is 2.18. The molecule has 3 aromatic rings. The van der Waals surface area contributed by atoms with Crippen LogP contribution in [0.25, 0.3) is 11.3 Å². The van der Waals surface area contributed by atoms with Crippen LogP contribution in [0.15, 0.2) is 22.9 Å². The second kappa shape index (κ2) is 6.58. The lowest BCUT2D eigenvalue weighted by Gasteiger charge is -2.09. The van der Waals surface area contributed by atoms with Crippen molar-refractivity contribution in [1.82, 2.24) is 25.3 Å². The van der Waals surface area contributed by atoms with Gasteiger partial charge < -0.3 is 10.4 Å². The maximum atomic E-state index is 12.2. The number of hydrogen-bond donors (Lipinski definition) is 3. The number of hydrogen-bond acceptors (Lipinski definition) is 5. The first-order valence-corrected chi connectivity index (χ1v) is 8.46. The first kappa shape index (κ1) is 16.4. The molecule has 0 aliphatic carbocycles. The van der Waals surface area contributed by atoms with E-state index in [0.29, 0.717) is 11.4 Å². The van der Waals surface area contributed by atoms with Crippen LogP contribution >= 0.6 is 11.3 Å². The Morgan fingerprint density at radius 3 is 2.92 bits per heavy atom. The Labute approximate surface area is 143 Å². The zero-order valence-corrected chi connectivity index (χ0v) is 14.5. The number of amides is 1. The second-order valence-corrected chi connectivity index (χ2v) is 6.40. The van der Waals surface area contributed by atoms with Crippen molar-refractivity contribution in [3.05, 3.63) is 45.5 Å². The molecule has 126 valence electrons. The Kier molecular flexibility index (Phi) is 4.50. The van der Waals surface area contributed by atoms with Crippen molar-refractivity contribution < 1.29 is 9.90 Å². The number of H-pyrrole nitrogens is 1. The maximum absolute atomic E-state index is 12.2. The van der Waals surface area contributed by atoms with Gasteiger partial charge in [0.05, 0.1) is 17.5 Å².